The number of carboxylic acids is 1. The van der Waals surface area contributed by atoms with Gasteiger partial charge in [-0.1, -0.05) is 12.1 Å². The number of hydrogen-bond donors (Lipinski definition) is 1. The van der Waals surface area contributed by atoms with Crippen LogP contribution < -0.4 is 4.74 Å². The second-order valence-corrected chi connectivity index (χ2v) is 7.41. The van der Waals surface area contributed by atoms with Gasteiger partial charge in [0.1, 0.15) is 11.4 Å². The predicted octanol–water partition coefficient (Wildman–Crippen LogP) is 3.37. The van der Waals surface area contributed by atoms with Crippen LogP contribution in [0.4, 0.5) is 4.39 Å². The second-order valence-electron chi connectivity index (χ2n) is 7.41. The Morgan fingerprint density at radius 1 is 1.15 bits per heavy atom. The summed E-state index contributed by atoms with van der Waals surface area (Å²) in [6.07, 6.45) is 2.88. The molecule has 1 aromatic carbocycles. The van der Waals surface area contributed by atoms with Crippen molar-refractivity contribution in [2.24, 2.45) is 11.8 Å². The fourth-order valence-electron chi connectivity index (χ4n) is 4.12. The quantitative estimate of drug-likeness (QED) is 0.891. The largest absolute Gasteiger partial charge is 0.497 e. The standard InChI is InChI=1S/C20H26FNO4/c1-26-17-4-2-3-16(13-17)20(21)9-11-22(12-10-20)18(23)14-5-7-15(8-6-14)19(24)25/h2-4,13-15H,5-12H2,1H3,(H,24,25). The number of piperidine rings is 1. The molecule has 1 aromatic rings. The van der Waals surface area contributed by atoms with Gasteiger partial charge >= 0.3 is 5.97 Å². The van der Waals surface area contributed by atoms with E-state index in [0.717, 1.165) is 0 Å². The van der Waals surface area contributed by atoms with Crippen LogP contribution in [0.2, 0.25) is 0 Å². The average molecular weight is 363 g/mol. The number of halogens is 1. The number of amides is 1. The molecule has 1 saturated carbocycles. The van der Waals surface area contributed by atoms with E-state index in [4.69, 9.17) is 9.84 Å². The first kappa shape index (κ1) is 18.7. The van der Waals surface area contributed by atoms with E-state index in [0.29, 0.717) is 50.1 Å². The zero-order valence-corrected chi connectivity index (χ0v) is 15.1. The number of carbonyl (C=O) groups excluding carboxylic acids is 1. The van der Waals surface area contributed by atoms with Gasteiger partial charge in [0.2, 0.25) is 5.91 Å². The number of likely N-dealkylation sites (tertiary alicyclic amines) is 1. The Balaban J connectivity index is 1.58. The van der Waals surface area contributed by atoms with Gasteiger partial charge in [-0.05, 0) is 43.4 Å². The molecule has 0 aromatic heterocycles. The Hall–Kier alpha value is -2.11. The van der Waals surface area contributed by atoms with Crippen molar-refractivity contribution in [1.82, 2.24) is 4.90 Å². The zero-order chi connectivity index (χ0) is 18.7. The van der Waals surface area contributed by atoms with E-state index in [-0.39, 0.29) is 30.6 Å². The molecule has 0 bridgehead atoms. The molecule has 1 heterocycles. The van der Waals surface area contributed by atoms with Crippen molar-refractivity contribution < 1.29 is 23.8 Å². The number of rotatable bonds is 4. The van der Waals surface area contributed by atoms with Gasteiger partial charge < -0.3 is 14.7 Å². The summed E-state index contributed by atoms with van der Waals surface area (Å²) in [5.74, 6) is -0.523. The topological polar surface area (TPSA) is 66.8 Å². The molecule has 26 heavy (non-hydrogen) atoms. The van der Waals surface area contributed by atoms with Crippen LogP contribution in [0.25, 0.3) is 0 Å². The maximum Gasteiger partial charge on any atom is 0.306 e. The van der Waals surface area contributed by atoms with Gasteiger partial charge in [0.15, 0.2) is 0 Å². The third-order valence-electron chi connectivity index (χ3n) is 5.88. The number of methoxy groups -OCH3 is 1. The fraction of sp³-hybridized carbons (Fsp3) is 0.600. The van der Waals surface area contributed by atoms with Crippen molar-refractivity contribution in [3.8, 4) is 5.75 Å². The Labute approximate surface area is 153 Å². The molecule has 1 amide bonds. The van der Waals surface area contributed by atoms with Crippen molar-refractivity contribution in [2.75, 3.05) is 20.2 Å². The lowest BCUT2D eigenvalue weighted by atomic mass is 9.80. The number of benzene rings is 1. The number of nitrogens with zero attached hydrogens (tertiary/aromatic N) is 1. The summed E-state index contributed by atoms with van der Waals surface area (Å²) in [4.78, 5) is 25.5. The summed E-state index contributed by atoms with van der Waals surface area (Å²) in [6.45, 7) is 0.788. The van der Waals surface area contributed by atoms with Crippen molar-refractivity contribution in [2.45, 2.75) is 44.2 Å². The van der Waals surface area contributed by atoms with Gasteiger partial charge in [-0.15, -0.1) is 0 Å². The molecule has 2 fully saturated rings. The number of ether oxygens (including phenoxy) is 1. The lowest BCUT2D eigenvalue weighted by Gasteiger charge is -2.39. The maximum atomic E-state index is 15.4. The molecule has 5 nitrogen and oxygen atoms in total. The highest BCUT2D eigenvalue weighted by Gasteiger charge is 2.40. The number of aliphatic carboxylic acids is 1. The number of carbonyl (C=O) groups is 2. The van der Waals surface area contributed by atoms with E-state index in [9.17, 15) is 9.59 Å². The van der Waals surface area contributed by atoms with Gasteiger partial charge in [-0.3, -0.25) is 9.59 Å². The van der Waals surface area contributed by atoms with Crippen LogP contribution in [0.15, 0.2) is 24.3 Å². The summed E-state index contributed by atoms with van der Waals surface area (Å²) in [5, 5.41) is 9.07. The molecule has 1 aliphatic heterocycles. The third kappa shape index (κ3) is 3.84. The van der Waals surface area contributed by atoms with Gasteiger partial charge in [0.25, 0.3) is 0 Å². The molecule has 1 saturated heterocycles. The second kappa shape index (κ2) is 7.64. The molecule has 0 spiro atoms. The first-order valence-corrected chi connectivity index (χ1v) is 9.28. The maximum absolute atomic E-state index is 15.4. The monoisotopic (exact) mass is 363 g/mol. The minimum Gasteiger partial charge on any atom is -0.497 e. The van der Waals surface area contributed by atoms with Gasteiger partial charge in [-0.2, -0.15) is 0 Å². The average Bonchev–Trinajstić information content (AvgIpc) is 2.68. The highest BCUT2D eigenvalue weighted by atomic mass is 19.1. The first-order valence-electron chi connectivity index (χ1n) is 9.28. The van der Waals surface area contributed by atoms with Crippen molar-refractivity contribution in [3.05, 3.63) is 29.8 Å². The fourth-order valence-corrected chi connectivity index (χ4v) is 4.12. The van der Waals surface area contributed by atoms with Gasteiger partial charge in [-0.25, -0.2) is 4.39 Å². The first-order chi connectivity index (χ1) is 12.4. The molecule has 142 valence electrons. The van der Waals surface area contributed by atoms with Gasteiger partial charge in [0.05, 0.1) is 13.0 Å². The zero-order valence-electron chi connectivity index (χ0n) is 15.1. The molecule has 0 atom stereocenters. The van der Waals surface area contributed by atoms with E-state index < -0.39 is 11.6 Å². The molecule has 2 aliphatic rings. The van der Waals surface area contributed by atoms with E-state index >= 15 is 4.39 Å². The molecule has 0 unspecified atom stereocenters. The molecular weight excluding hydrogens is 337 g/mol. The number of carboxylic acid groups (broad SMARTS) is 1. The molecule has 1 N–H and O–H groups in total. The summed E-state index contributed by atoms with van der Waals surface area (Å²) >= 11 is 0. The summed E-state index contributed by atoms with van der Waals surface area (Å²) in [5.41, 5.74) is -0.836. The smallest absolute Gasteiger partial charge is 0.306 e. The molecule has 6 heteroatoms. The molecule has 0 radical (unpaired) electrons. The minimum atomic E-state index is -1.44. The Bertz CT molecular complexity index is 662. The minimum absolute atomic E-state index is 0.0570. The SMILES string of the molecule is COc1cccc(C2(F)CCN(C(=O)C3CCC(C(=O)O)CC3)CC2)c1. The lowest BCUT2D eigenvalue weighted by molar-refractivity contribution is -0.146. The van der Waals surface area contributed by atoms with Crippen LogP contribution in [0.1, 0.15) is 44.1 Å². The highest BCUT2D eigenvalue weighted by Crippen LogP contribution is 2.39. The lowest BCUT2D eigenvalue weighted by Crippen LogP contribution is -2.46. The Kier molecular flexibility index (Phi) is 5.49. The third-order valence-corrected chi connectivity index (χ3v) is 5.88. The van der Waals surface area contributed by atoms with E-state index in [1.165, 1.54) is 0 Å². The number of alkyl halides is 1. The van der Waals surface area contributed by atoms with E-state index in [2.05, 4.69) is 0 Å². The Morgan fingerprint density at radius 2 is 1.77 bits per heavy atom. The number of hydrogen-bond acceptors (Lipinski definition) is 3. The van der Waals surface area contributed by atoms with Crippen LogP contribution in [-0.2, 0) is 15.3 Å². The van der Waals surface area contributed by atoms with Gasteiger partial charge in [0, 0.05) is 31.8 Å². The summed E-state index contributed by atoms with van der Waals surface area (Å²) in [7, 11) is 1.56. The van der Waals surface area contributed by atoms with Crippen LogP contribution in [-0.4, -0.2) is 42.1 Å². The van der Waals surface area contributed by atoms with Crippen LogP contribution in [0.3, 0.4) is 0 Å². The molecular formula is C20H26FNO4. The summed E-state index contributed by atoms with van der Waals surface area (Å²) in [6, 6.07) is 7.07. The Morgan fingerprint density at radius 3 is 2.35 bits per heavy atom. The molecule has 1 aliphatic carbocycles. The normalized spacial score (nSPS) is 25.5. The highest BCUT2D eigenvalue weighted by molar-refractivity contribution is 5.79. The van der Waals surface area contributed by atoms with Crippen LogP contribution in [0.5, 0.6) is 5.75 Å². The van der Waals surface area contributed by atoms with Crippen molar-refractivity contribution in [3.63, 3.8) is 0 Å². The summed E-state index contributed by atoms with van der Waals surface area (Å²) < 4.78 is 20.6. The van der Waals surface area contributed by atoms with Crippen molar-refractivity contribution >= 4 is 11.9 Å². The predicted molar refractivity (Wildman–Crippen MR) is 94.7 cm³/mol. The van der Waals surface area contributed by atoms with E-state index in [1.54, 1.807) is 36.3 Å². The molecule has 3 rings (SSSR count). The van der Waals surface area contributed by atoms with E-state index in [1.807, 2.05) is 0 Å². The van der Waals surface area contributed by atoms with Crippen LogP contribution in [0, 0.1) is 11.8 Å². The van der Waals surface area contributed by atoms with Crippen molar-refractivity contribution in [1.29, 1.82) is 0 Å². The van der Waals surface area contributed by atoms with Crippen LogP contribution >= 0.6 is 0 Å².